The summed E-state index contributed by atoms with van der Waals surface area (Å²) in [4.78, 5) is 0. The summed E-state index contributed by atoms with van der Waals surface area (Å²) in [5, 5.41) is 9.45. The molecule has 1 aliphatic rings. The molecule has 0 spiro atoms. The van der Waals surface area contributed by atoms with Crippen molar-refractivity contribution >= 4 is 24.8 Å². The van der Waals surface area contributed by atoms with E-state index in [1.807, 2.05) is 30.4 Å². The molecule has 0 heterocycles. The van der Waals surface area contributed by atoms with E-state index in [1.165, 1.54) is 0 Å². The zero-order chi connectivity index (χ0) is 12.0. The molecule has 0 atom stereocenters. The molecule has 1 nitrogen and oxygen atoms in total. The SMILES string of the molecule is CC(C)(C)c1ccccc1O.Cl.Cl.[C-]1=CC=CC1.[Ti]. The largest absolute Gasteiger partial charge is 0.508 e. The van der Waals surface area contributed by atoms with Crippen LogP contribution in [0.5, 0.6) is 5.75 Å². The van der Waals surface area contributed by atoms with Gasteiger partial charge in [-0.1, -0.05) is 39.0 Å². The molecule has 1 aromatic carbocycles. The smallest absolute Gasteiger partial charge is 0.119 e. The van der Waals surface area contributed by atoms with Gasteiger partial charge >= 0.3 is 0 Å². The van der Waals surface area contributed by atoms with Crippen molar-refractivity contribution in [3.8, 4) is 5.75 Å². The van der Waals surface area contributed by atoms with Crippen molar-refractivity contribution in [2.75, 3.05) is 0 Å². The molecular formula is C15H21Cl2OTi-. The van der Waals surface area contributed by atoms with Crippen molar-refractivity contribution in [3.05, 3.63) is 54.1 Å². The number of allylic oxidation sites excluding steroid dienone is 4. The summed E-state index contributed by atoms with van der Waals surface area (Å²) in [5.74, 6) is 0.389. The van der Waals surface area contributed by atoms with Gasteiger partial charge in [-0.05, 0) is 17.0 Å². The summed E-state index contributed by atoms with van der Waals surface area (Å²) < 4.78 is 0. The van der Waals surface area contributed by atoms with Gasteiger partial charge in [-0.15, -0.1) is 31.2 Å². The van der Waals surface area contributed by atoms with Crippen LogP contribution in [0.25, 0.3) is 0 Å². The van der Waals surface area contributed by atoms with Crippen molar-refractivity contribution in [2.24, 2.45) is 0 Å². The van der Waals surface area contributed by atoms with Gasteiger partial charge in [0.2, 0.25) is 0 Å². The van der Waals surface area contributed by atoms with E-state index < -0.39 is 0 Å². The van der Waals surface area contributed by atoms with Crippen molar-refractivity contribution in [1.29, 1.82) is 0 Å². The maximum atomic E-state index is 9.45. The van der Waals surface area contributed by atoms with E-state index in [4.69, 9.17) is 0 Å². The number of aromatic hydroxyl groups is 1. The Labute approximate surface area is 143 Å². The normalized spacial score (nSPS) is 11.3. The molecule has 0 amide bonds. The van der Waals surface area contributed by atoms with E-state index >= 15 is 0 Å². The molecule has 1 aromatic rings. The topological polar surface area (TPSA) is 20.2 Å². The minimum atomic E-state index is 0. The molecular weight excluding hydrogens is 315 g/mol. The van der Waals surface area contributed by atoms with Crippen molar-refractivity contribution in [3.63, 3.8) is 0 Å². The van der Waals surface area contributed by atoms with Gasteiger partial charge in [0.15, 0.2) is 0 Å². The summed E-state index contributed by atoms with van der Waals surface area (Å²) in [7, 11) is 0. The van der Waals surface area contributed by atoms with Crippen LogP contribution < -0.4 is 0 Å². The predicted octanol–water partition coefficient (Wildman–Crippen LogP) is 4.84. The maximum absolute atomic E-state index is 9.45. The van der Waals surface area contributed by atoms with Crippen LogP contribution in [0.4, 0.5) is 0 Å². The molecule has 0 unspecified atom stereocenters. The molecule has 1 N–H and O–H groups in total. The van der Waals surface area contributed by atoms with Crippen LogP contribution in [0.3, 0.4) is 0 Å². The Hall–Kier alpha value is -0.206. The van der Waals surface area contributed by atoms with Gasteiger partial charge < -0.3 is 5.11 Å². The van der Waals surface area contributed by atoms with Gasteiger partial charge in [0, 0.05) is 21.7 Å². The molecule has 19 heavy (non-hydrogen) atoms. The van der Waals surface area contributed by atoms with E-state index in [0.717, 1.165) is 12.0 Å². The first-order chi connectivity index (χ1) is 7.52. The number of phenols is 1. The molecule has 0 aliphatic heterocycles. The minimum Gasteiger partial charge on any atom is -0.508 e. The Morgan fingerprint density at radius 3 is 1.95 bits per heavy atom. The maximum Gasteiger partial charge on any atom is 0.119 e. The van der Waals surface area contributed by atoms with E-state index in [-0.39, 0.29) is 51.9 Å². The van der Waals surface area contributed by atoms with Crippen molar-refractivity contribution < 1.29 is 26.8 Å². The zero-order valence-corrected chi connectivity index (χ0v) is 14.7. The average molecular weight is 336 g/mol. The molecule has 0 fully saturated rings. The first-order valence-corrected chi connectivity index (χ1v) is 5.52. The average Bonchev–Trinajstić information content (AvgIpc) is 2.74. The fourth-order valence-electron chi connectivity index (χ4n) is 1.45. The first-order valence-electron chi connectivity index (χ1n) is 5.52. The third-order valence-corrected chi connectivity index (χ3v) is 2.30. The van der Waals surface area contributed by atoms with E-state index in [9.17, 15) is 5.11 Å². The minimum absolute atomic E-state index is 0. The van der Waals surface area contributed by atoms with Gasteiger partial charge in [0.25, 0.3) is 0 Å². The quantitative estimate of drug-likeness (QED) is 0.531. The van der Waals surface area contributed by atoms with Crippen LogP contribution in [0, 0.1) is 6.08 Å². The van der Waals surface area contributed by atoms with Crippen molar-refractivity contribution in [2.45, 2.75) is 32.6 Å². The summed E-state index contributed by atoms with van der Waals surface area (Å²) in [6.07, 6.45) is 10.0. The van der Waals surface area contributed by atoms with Gasteiger partial charge in [-0.3, -0.25) is 6.08 Å². The fraction of sp³-hybridized carbons (Fsp3) is 0.333. The molecule has 0 aromatic heterocycles. The summed E-state index contributed by atoms with van der Waals surface area (Å²) in [5.41, 5.74) is 1.03. The van der Waals surface area contributed by atoms with Crippen LogP contribution in [0.2, 0.25) is 0 Å². The van der Waals surface area contributed by atoms with Crippen LogP contribution >= 0.6 is 24.8 Å². The summed E-state index contributed by atoms with van der Waals surface area (Å²) in [6, 6.07) is 7.46. The Morgan fingerprint density at radius 1 is 1.11 bits per heavy atom. The first kappa shape index (κ1) is 23.9. The van der Waals surface area contributed by atoms with E-state index in [2.05, 4.69) is 32.9 Å². The van der Waals surface area contributed by atoms with Crippen LogP contribution in [-0.4, -0.2) is 5.11 Å². The monoisotopic (exact) mass is 335 g/mol. The molecule has 4 heteroatoms. The number of hydrogen-bond acceptors (Lipinski definition) is 1. The number of benzene rings is 1. The molecule has 0 saturated carbocycles. The van der Waals surface area contributed by atoms with Gasteiger partial charge in [-0.25, -0.2) is 12.2 Å². The van der Waals surface area contributed by atoms with Crippen LogP contribution in [0.1, 0.15) is 32.8 Å². The Kier molecular flexibility index (Phi) is 14.6. The third-order valence-electron chi connectivity index (χ3n) is 2.30. The molecule has 2 rings (SSSR count). The third kappa shape index (κ3) is 9.35. The second-order valence-electron chi connectivity index (χ2n) is 4.77. The van der Waals surface area contributed by atoms with Gasteiger partial charge in [-0.2, -0.15) is 6.08 Å². The van der Waals surface area contributed by atoms with Gasteiger partial charge in [0.1, 0.15) is 5.75 Å². The zero-order valence-electron chi connectivity index (χ0n) is 11.5. The van der Waals surface area contributed by atoms with Gasteiger partial charge in [0.05, 0.1) is 0 Å². The second-order valence-corrected chi connectivity index (χ2v) is 4.77. The Balaban J connectivity index is -0.000000277. The molecule has 0 bridgehead atoms. The van der Waals surface area contributed by atoms with E-state index in [0.29, 0.717) is 5.75 Å². The molecule has 1 aliphatic carbocycles. The van der Waals surface area contributed by atoms with Crippen LogP contribution in [0.15, 0.2) is 42.5 Å². The summed E-state index contributed by atoms with van der Waals surface area (Å²) >= 11 is 0. The molecule has 0 saturated heterocycles. The van der Waals surface area contributed by atoms with Crippen molar-refractivity contribution in [1.82, 2.24) is 0 Å². The number of phenolic OH excluding ortho intramolecular Hbond substituents is 1. The fourth-order valence-corrected chi connectivity index (χ4v) is 1.45. The number of rotatable bonds is 0. The number of hydrogen-bond donors (Lipinski definition) is 1. The standard InChI is InChI=1S/C10H14O.C5H5.2ClH.Ti/c1-10(2,3)8-6-4-5-7-9(8)11;1-2-4-5-3-1;;;/h4-7,11H,1-3H3;1-3H,4H2;2*1H;/q;-1;;;. The second kappa shape index (κ2) is 11.6. The Bertz CT molecular complexity index is 385. The Morgan fingerprint density at radius 2 is 1.68 bits per heavy atom. The number of halogens is 2. The molecule has 106 valence electrons. The number of para-hydroxylation sites is 1. The molecule has 0 radical (unpaired) electrons. The summed E-state index contributed by atoms with van der Waals surface area (Å²) in [6.45, 7) is 6.26. The van der Waals surface area contributed by atoms with E-state index in [1.54, 1.807) is 6.07 Å². The predicted molar refractivity (Wildman–Crippen MR) is 82.9 cm³/mol. The van der Waals surface area contributed by atoms with Crippen LogP contribution in [-0.2, 0) is 27.1 Å².